The van der Waals surface area contributed by atoms with Crippen LogP contribution in [0.2, 0.25) is 0 Å². The number of aromatic nitrogens is 2. The van der Waals surface area contributed by atoms with Gasteiger partial charge < -0.3 is 20.3 Å². The summed E-state index contributed by atoms with van der Waals surface area (Å²) < 4.78 is 5.66. The lowest BCUT2D eigenvalue weighted by Gasteiger charge is -2.22. The maximum atomic E-state index is 12.5. The molecule has 2 aliphatic heterocycles. The van der Waals surface area contributed by atoms with E-state index in [1.54, 1.807) is 0 Å². The highest BCUT2D eigenvalue weighted by Gasteiger charge is 2.42. The van der Waals surface area contributed by atoms with Crippen LogP contribution in [0.25, 0.3) is 0 Å². The number of hydrogen-bond acceptors (Lipinski definition) is 6. The first-order chi connectivity index (χ1) is 14.1. The van der Waals surface area contributed by atoms with E-state index in [2.05, 4.69) is 14.9 Å². The quantitative estimate of drug-likeness (QED) is 0.710. The third-order valence-corrected chi connectivity index (χ3v) is 5.59. The van der Waals surface area contributed by atoms with Crippen molar-refractivity contribution >= 4 is 17.8 Å². The van der Waals surface area contributed by atoms with Crippen LogP contribution in [-0.2, 0) is 4.79 Å². The van der Waals surface area contributed by atoms with Crippen LogP contribution in [0.1, 0.15) is 23.2 Å². The van der Waals surface area contributed by atoms with Gasteiger partial charge in [-0.2, -0.15) is 0 Å². The van der Waals surface area contributed by atoms with E-state index in [4.69, 9.17) is 10.5 Å². The van der Waals surface area contributed by atoms with Crippen molar-refractivity contribution in [1.29, 1.82) is 0 Å². The molecule has 152 valence electrons. The fourth-order valence-corrected chi connectivity index (χ4v) is 4.06. The molecule has 29 heavy (non-hydrogen) atoms. The van der Waals surface area contributed by atoms with Gasteiger partial charge in [-0.25, -0.2) is 9.97 Å². The van der Waals surface area contributed by atoms with Crippen molar-refractivity contribution in [3.05, 3.63) is 48.3 Å². The largest absolute Gasteiger partial charge is 0.494 e. The van der Waals surface area contributed by atoms with Gasteiger partial charge in [0.1, 0.15) is 5.75 Å². The lowest BCUT2D eigenvalue weighted by Crippen LogP contribution is -2.33. The monoisotopic (exact) mass is 395 g/mol. The molecular formula is C21H25N5O3. The second-order valence-electron chi connectivity index (χ2n) is 7.62. The number of carbonyl (C=O) groups is 2. The van der Waals surface area contributed by atoms with Gasteiger partial charge >= 0.3 is 0 Å². The summed E-state index contributed by atoms with van der Waals surface area (Å²) in [4.78, 5) is 36.3. The van der Waals surface area contributed by atoms with Gasteiger partial charge in [-0.05, 0) is 18.6 Å². The molecule has 0 radical (unpaired) electrons. The summed E-state index contributed by atoms with van der Waals surface area (Å²) in [6, 6.07) is 9.65. The van der Waals surface area contributed by atoms with E-state index in [0.717, 1.165) is 31.9 Å². The van der Waals surface area contributed by atoms with Crippen molar-refractivity contribution in [2.24, 2.45) is 17.6 Å². The third kappa shape index (κ3) is 4.47. The molecule has 2 aliphatic rings. The number of nitrogens with two attached hydrogens (primary N) is 1. The zero-order valence-corrected chi connectivity index (χ0v) is 16.2. The smallest absolute Gasteiger partial charge is 0.251 e. The zero-order chi connectivity index (χ0) is 20.2. The second-order valence-corrected chi connectivity index (χ2v) is 7.62. The minimum atomic E-state index is -0.529. The molecule has 0 saturated carbocycles. The Kier molecular flexibility index (Phi) is 5.59. The van der Waals surface area contributed by atoms with Crippen molar-refractivity contribution in [2.75, 3.05) is 37.7 Å². The Morgan fingerprint density at radius 1 is 1.03 bits per heavy atom. The van der Waals surface area contributed by atoms with Crippen LogP contribution >= 0.6 is 0 Å². The molecular weight excluding hydrogens is 370 g/mol. The van der Waals surface area contributed by atoms with E-state index in [1.807, 2.05) is 35.2 Å². The zero-order valence-electron chi connectivity index (χ0n) is 16.2. The predicted molar refractivity (Wildman–Crippen MR) is 107 cm³/mol. The number of primary amides is 1. The molecule has 2 atom stereocenters. The molecule has 2 fully saturated rings. The fraction of sp³-hybridized carbons (Fsp3) is 0.429. The van der Waals surface area contributed by atoms with Crippen LogP contribution in [0.15, 0.2) is 42.7 Å². The van der Waals surface area contributed by atoms with Crippen molar-refractivity contribution < 1.29 is 14.3 Å². The molecule has 1 aromatic carbocycles. The number of carbonyl (C=O) groups excluding carboxylic acids is 2. The van der Waals surface area contributed by atoms with Gasteiger partial charge in [0.05, 0.1) is 12.2 Å². The number of hydrogen-bond donors (Lipinski definition) is 1. The van der Waals surface area contributed by atoms with Crippen LogP contribution in [0.4, 0.5) is 5.95 Å². The average Bonchev–Trinajstić information content (AvgIpc) is 3.31. The van der Waals surface area contributed by atoms with Crippen LogP contribution in [0.3, 0.4) is 0 Å². The van der Waals surface area contributed by atoms with Crippen LogP contribution < -0.4 is 15.4 Å². The molecule has 0 bridgehead atoms. The Morgan fingerprint density at radius 2 is 1.69 bits per heavy atom. The van der Waals surface area contributed by atoms with Crippen LogP contribution in [0.5, 0.6) is 5.75 Å². The van der Waals surface area contributed by atoms with E-state index in [-0.39, 0.29) is 5.91 Å². The molecule has 2 amide bonds. The standard InChI is InChI=1S/C21H25N5O3/c22-20(28)15-9-23-21(24-10-15)26-13-16-11-25(12-17(16)14-26)19(27)7-4-8-29-18-5-2-1-3-6-18/h1-3,5-6,9-10,16-17H,4,7-8,11-14H2,(H2,22,28). The Morgan fingerprint density at radius 3 is 2.31 bits per heavy atom. The van der Waals surface area contributed by atoms with E-state index in [0.29, 0.717) is 42.8 Å². The van der Waals surface area contributed by atoms with Gasteiger partial charge in [0.15, 0.2) is 0 Å². The molecule has 8 nitrogen and oxygen atoms in total. The highest BCUT2D eigenvalue weighted by atomic mass is 16.5. The number of ether oxygens (including phenoxy) is 1. The number of fused-ring (bicyclic) bond motifs is 1. The summed E-state index contributed by atoms with van der Waals surface area (Å²) >= 11 is 0. The summed E-state index contributed by atoms with van der Waals surface area (Å²) in [7, 11) is 0. The lowest BCUT2D eigenvalue weighted by molar-refractivity contribution is -0.130. The van der Waals surface area contributed by atoms with Crippen molar-refractivity contribution in [1.82, 2.24) is 14.9 Å². The maximum absolute atomic E-state index is 12.5. The van der Waals surface area contributed by atoms with Gasteiger partial charge in [0.25, 0.3) is 5.91 Å². The SMILES string of the molecule is NC(=O)c1cnc(N2CC3CN(C(=O)CCCOc4ccccc4)CC3C2)nc1. The summed E-state index contributed by atoms with van der Waals surface area (Å²) in [6.45, 7) is 3.74. The number of anilines is 1. The van der Waals surface area contributed by atoms with Crippen molar-refractivity contribution in [2.45, 2.75) is 12.8 Å². The molecule has 0 aliphatic carbocycles. The topological polar surface area (TPSA) is 102 Å². The first-order valence-corrected chi connectivity index (χ1v) is 9.92. The molecule has 1 aromatic heterocycles. The summed E-state index contributed by atoms with van der Waals surface area (Å²) in [5, 5.41) is 0. The van der Waals surface area contributed by atoms with Gasteiger partial charge in [-0.3, -0.25) is 9.59 Å². The molecule has 0 spiro atoms. The Labute approximate surface area is 169 Å². The second kappa shape index (κ2) is 8.46. The first-order valence-electron chi connectivity index (χ1n) is 9.92. The fourth-order valence-electron chi connectivity index (χ4n) is 4.06. The molecule has 4 rings (SSSR count). The Balaban J connectivity index is 1.21. The average molecular weight is 395 g/mol. The number of nitrogens with zero attached hydrogens (tertiary/aromatic N) is 4. The maximum Gasteiger partial charge on any atom is 0.251 e. The summed E-state index contributed by atoms with van der Waals surface area (Å²) in [6.07, 6.45) is 4.15. The van der Waals surface area contributed by atoms with Crippen LogP contribution in [0, 0.1) is 11.8 Å². The molecule has 2 saturated heterocycles. The lowest BCUT2D eigenvalue weighted by atomic mass is 10.0. The summed E-state index contributed by atoms with van der Waals surface area (Å²) in [5.41, 5.74) is 5.54. The predicted octanol–water partition coefficient (Wildman–Crippen LogP) is 1.33. The number of para-hydroxylation sites is 1. The number of likely N-dealkylation sites (tertiary alicyclic amines) is 1. The van der Waals surface area contributed by atoms with Gasteiger partial charge in [0, 0.05) is 56.8 Å². The molecule has 3 heterocycles. The summed E-state index contributed by atoms with van der Waals surface area (Å²) in [5.74, 6) is 1.97. The van der Waals surface area contributed by atoms with Crippen molar-refractivity contribution in [3.8, 4) is 5.75 Å². The van der Waals surface area contributed by atoms with Gasteiger partial charge in [-0.1, -0.05) is 18.2 Å². The minimum absolute atomic E-state index is 0.199. The normalized spacial score (nSPS) is 20.6. The number of benzene rings is 1. The van der Waals surface area contributed by atoms with E-state index < -0.39 is 5.91 Å². The van der Waals surface area contributed by atoms with Crippen LogP contribution in [-0.4, -0.2) is 59.5 Å². The number of rotatable bonds is 7. The first kappa shape index (κ1) is 19.2. The van der Waals surface area contributed by atoms with Crippen molar-refractivity contribution in [3.63, 3.8) is 0 Å². The Hall–Kier alpha value is -3.16. The highest BCUT2D eigenvalue weighted by Crippen LogP contribution is 2.33. The Bertz CT molecular complexity index is 844. The van der Waals surface area contributed by atoms with Gasteiger partial charge in [0.2, 0.25) is 11.9 Å². The van der Waals surface area contributed by atoms with Gasteiger partial charge in [-0.15, -0.1) is 0 Å². The molecule has 8 heteroatoms. The molecule has 2 N–H and O–H groups in total. The number of amides is 2. The molecule has 2 aromatic rings. The van der Waals surface area contributed by atoms with E-state index in [9.17, 15) is 9.59 Å². The highest BCUT2D eigenvalue weighted by molar-refractivity contribution is 5.92. The minimum Gasteiger partial charge on any atom is -0.494 e. The van der Waals surface area contributed by atoms with E-state index in [1.165, 1.54) is 12.4 Å². The third-order valence-electron chi connectivity index (χ3n) is 5.59. The van der Waals surface area contributed by atoms with E-state index >= 15 is 0 Å². The molecule has 2 unspecified atom stereocenters.